The third-order valence-electron chi connectivity index (χ3n) is 10.1. The zero-order valence-corrected chi connectivity index (χ0v) is 29.5. The van der Waals surface area contributed by atoms with Gasteiger partial charge in [0.1, 0.15) is 5.58 Å². The lowest BCUT2D eigenvalue weighted by Gasteiger charge is -2.10. The van der Waals surface area contributed by atoms with Crippen LogP contribution in [-0.4, -0.2) is 16.1 Å². The van der Waals surface area contributed by atoms with E-state index in [4.69, 9.17) is 14.4 Å². The molecule has 246 valence electrons. The van der Waals surface area contributed by atoms with Crippen LogP contribution in [0.2, 0.25) is 0 Å². The lowest BCUT2D eigenvalue weighted by molar-refractivity contribution is 0.671. The van der Waals surface area contributed by atoms with E-state index in [2.05, 4.69) is 126 Å². The molecule has 0 saturated heterocycles. The fourth-order valence-corrected chi connectivity index (χ4v) is 9.01. The molecule has 0 aliphatic carbocycles. The summed E-state index contributed by atoms with van der Waals surface area (Å²) in [5, 5.41) is 9.65. The molecule has 0 saturated carbocycles. The molecular formula is C47H32N3OP. The van der Waals surface area contributed by atoms with Crippen molar-refractivity contribution in [2.75, 3.05) is 0 Å². The molecule has 0 aliphatic heterocycles. The largest absolute Gasteiger partial charge is 0.454 e. The van der Waals surface area contributed by atoms with Gasteiger partial charge in [-0.1, -0.05) is 128 Å². The van der Waals surface area contributed by atoms with Crippen LogP contribution in [0.4, 0.5) is 0 Å². The Morgan fingerprint density at radius 3 is 2.13 bits per heavy atom. The standard InChI is InChI=1S/C47H32N3OP/c1-29(31-14-5-3-6-15-31)48-47(32-16-7-4-8-17-32)49-30(2)34-20-13-23-43-44(34)39-28-33(24-27-42(39)52-43)50-40-21-11-9-18-35(40)37-25-26-38-36-19-10-12-22-41(36)51-46(38)45(37)50/h3-28,52H,2H2,1H3. The fraction of sp³-hybridized carbons (Fsp3) is 0.0213. The predicted molar refractivity (Wildman–Crippen MR) is 223 cm³/mol. The molecule has 10 aromatic rings. The number of amidine groups is 1. The summed E-state index contributed by atoms with van der Waals surface area (Å²) in [7, 11) is 0.543. The molecule has 52 heavy (non-hydrogen) atoms. The van der Waals surface area contributed by atoms with Gasteiger partial charge in [-0.05, 0) is 59.4 Å². The summed E-state index contributed by atoms with van der Waals surface area (Å²) in [6, 6.07) is 55.2. The quantitative estimate of drug-likeness (QED) is 0.131. The number of aromatic nitrogens is 1. The summed E-state index contributed by atoms with van der Waals surface area (Å²) >= 11 is 0. The molecule has 0 fully saturated rings. The van der Waals surface area contributed by atoms with Gasteiger partial charge < -0.3 is 8.98 Å². The summed E-state index contributed by atoms with van der Waals surface area (Å²) in [6.45, 7) is 6.59. The topological polar surface area (TPSA) is 42.8 Å². The van der Waals surface area contributed by atoms with E-state index in [1.165, 1.54) is 31.8 Å². The minimum absolute atomic E-state index is 0.543. The number of benzene rings is 7. The Morgan fingerprint density at radius 2 is 1.31 bits per heavy atom. The number of hydrogen-bond donors (Lipinski definition) is 0. The van der Waals surface area contributed by atoms with Crippen LogP contribution in [0.1, 0.15) is 23.6 Å². The van der Waals surface area contributed by atoms with E-state index in [0.29, 0.717) is 19.7 Å². The monoisotopic (exact) mass is 685 g/mol. The molecular weight excluding hydrogens is 654 g/mol. The Hall–Kier alpha value is -6.48. The number of aliphatic imine (C=N–C) groups is 2. The summed E-state index contributed by atoms with van der Waals surface area (Å²) < 4.78 is 9.01. The zero-order valence-electron chi connectivity index (χ0n) is 28.5. The number of fused-ring (bicyclic) bond motifs is 10. The first-order valence-corrected chi connectivity index (χ1v) is 18.4. The van der Waals surface area contributed by atoms with Crippen molar-refractivity contribution in [2.24, 2.45) is 9.98 Å². The first kappa shape index (κ1) is 30.4. The molecule has 0 aliphatic rings. The first-order valence-electron chi connectivity index (χ1n) is 17.4. The van der Waals surface area contributed by atoms with Crippen molar-refractivity contribution in [3.63, 3.8) is 0 Å². The number of rotatable bonds is 5. The number of nitrogens with zero attached hydrogens (tertiary/aromatic N) is 3. The highest BCUT2D eigenvalue weighted by molar-refractivity contribution is 7.44. The Bertz CT molecular complexity index is 3090. The molecule has 4 nitrogen and oxygen atoms in total. The van der Waals surface area contributed by atoms with Gasteiger partial charge in [0.2, 0.25) is 0 Å². The Balaban J connectivity index is 1.18. The number of para-hydroxylation sites is 2. The summed E-state index contributed by atoms with van der Waals surface area (Å²) in [5.74, 6) is 0.638. The van der Waals surface area contributed by atoms with E-state index in [-0.39, 0.29) is 0 Å². The van der Waals surface area contributed by atoms with Crippen LogP contribution in [-0.2, 0) is 0 Å². The second-order valence-electron chi connectivity index (χ2n) is 13.2. The second kappa shape index (κ2) is 12.1. The summed E-state index contributed by atoms with van der Waals surface area (Å²) in [5.41, 5.74) is 9.72. The third kappa shape index (κ3) is 4.84. The van der Waals surface area contributed by atoms with Crippen LogP contribution in [0, 0.1) is 0 Å². The van der Waals surface area contributed by atoms with Gasteiger partial charge in [-0.15, -0.1) is 8.19 Å². The molecule has 0 N–H and O–H groups in total. The van der Waals surface area contributed by atoms with Crippen molar-refractivity contribution in [1.29, 1.82) is 0 Å². The van der Waals surface area contributed by atoms with Gasteiger partial charge in [-0.25, -0.2) is 9.98 Å². The van der Waals surface area contributed by atoms with E-state index < -0.39 is 0 Å². The maximum absolute atomic E-state index is 6.63. The molecule has 7 aromatic carbocycles. The minimum Gasteiger partial charge on any atom is -0.454 e. The van der Waals surface area contributed by atoms with Crippen molar-refractivity contribution in [3.8, 4) is 5.69 Å². The maximum Gasteiger partial charge on any atom is 0.160 e. The van der Waals surface area contributed by atoms with Crippen molar-refractivity contribution in [2.45, 2.75) is 6.92 Å². The second-order valence-corrected chi connectivity index (χ2v) is 14.5. The highest BCUT2D eigenvalue weighted by atomic mass is 31.0. The van der Waals surface area contributed by atoms with Gasteiger partial charge >= 0.3 is 0 Å². The molecule has 5 heteroatoms. The molecule has 1 unspecified atom stereocenters. The van der Waals surface area contributed by atoms with Gasteiger partial charge in [0.15, 0.2) is 11.4 Å². The van der Waals surface area contributed by atoms with Crippen LogP contribution in [0.3, 0.4) is 0 Å². The molecule has 0 amide bonds. The van der Waals surface area contributed by atoms with E-state index in [0.717, 1.165) is 61.1 Å². The van der Waals surface area contributed by atoms with E-state index in [9.17, 15) is 0 Å². The lowest BCUT2D eigenvalue weighted by Crippen LogP contribution is -2.04. The van der Waals surface area contributed by atoms with Crippen molar-refractivity contribution in [1.82, 2.24) is 4.57 Å². The van der Waals surface area contributed by atoms with E-state index in [1.807, 2.05) is 49.4 Å². The zero-order chi connectivity index (χ0) is 34.8. The molecule has 10 rings (SSSR count). The van der Waals surface area contributed by atoms with Gasteiger partial charge in [-0.3, -0.25) is 0 Å². The number of furan rings is 1. The molecule has 3 aromatic heterocycles. The first-order chi connectivity index (χ1) is 25.6. The fourth-order valence-electron chi connectivity index (χ4n) is 7.65. The summed E-state index contributed by atoms with van der Waals surface area (Å²) in [6.07, 6.45) is 0. The van der Waals surface area contributed by atoms with Crippen LogP contribution < -0.4 is 0 Å². The van der Waals surface area contributed by atoms with Gasteiger partial charge in [0, 0.05) is 54.6 Å². The SMILES string of the molecule is C=C(N=C(N=C(C)c1ccccc1)c1ccccc1)c1cccc2[pH]c3ccc(-n4c5ccccc5c5ccc6c7ccccc7oc6c54)cc3c12. The molecule has 0 radical (unpaired) electrons. The average molecular weight is 686 g/mol. The van der Waals surface area contributed by atoms with Crippen LogP contribution in [0.15, 0.2) is 179 Å². The van der Waals surface area contributed by atoms with Crippen molar-refractivity contribution in [3.05, 3.63) is 181 Å². The lowest BCUT2D eigenvalue weighted by atomic mass is 10.0. The van der Waals surface area contributed by atoms with Crippen molar-refractivity contribution >= 4 is 90.2 Å². The Kier molecular flexibility index (Phi) is 7.06. The van der Waals surface area contributed by atoms with E-state index >= 15 is 0 Å². The average Bonchev–Trinajstić information content (AvgIpc) is 3.87. The van der Waals surface area contributed by atoms with Crippen molar-refractivity contribution < 1.29 is 4.42 Å². The molecule has 0 spiro atoms. The van der Waals surface area contributed by atoms with Gasteiger partial charge in [0.05, 0.1) is 16.7 Å². The minimum atomic E-state index is 0.543. The predicted octanol–water partition coefficient (Wildman–Crippen LogP) is 12.9. The van der Waals surface area contributed by atoms with Crippen LogP contribution >= 0.6 is 8.19 Å². The Morgan fingerprint density at radius 1 is 0.596 bits per heavy atom. The third-order valence-corrected chi connectivity index (χ3v) is 11.5. The molecule has 1 atom stereocenters. The number of hydrogen-bond acceptors (Lipinski definition) is 2. The normalized spacial score (nSPS) is 12.8. The Labute approximate surface area is 301 Å². The van der Waals surface area contributed by atoms with Gasteiger partial charge in [-0.2, -0.15) is 0 Å². The molecule has 3 heterocycles. The van der Waals surface area contributed by atoms with Gasteiger partial charge in [0.25, 0.3) is 0 Å². The smallest absolute Gasteiger partial charge is 0.160 e. The molecule has 0 bridgehead atoms. The highest BCUT2D eigenvalue weighted by Crippen LogP contribution is 2.44. The van der Waals surface area contributed by atoms with Crippen LogP contribution in [0.5, 0.6) is 0 Å². The van der Waals surface area contributed by atoms with E-state index in [1.54, 1.807) is 0 Å². The van der Waals surface area contributed by atoms with Crippen LogP contribution in [0.25, 0.3) is 76.1 Å². The summed E-state index contributed by atoms with van der Waals surface area (Å²) in [4.78, 5) is 10.2. The maximum atomic E-state index is 6.63. The highest BCUT2D eigenvalue weighted by Gasteiger charge is 2.20.